The van der Waals surface area contributed by atoms with Crippen LogP contribution in [0.3, 0.4) is 0 Å². The molecule has 180 valence electrons. The summed E-state index contributed by atoms with van der Waals surface area (Å²) in [5, 5.41) is 19.9. The molecule has 2 aromatic heterocycles. The third-order valence-corrected chi connectivity index (χ3v) is 8.30. The number of aromatic nitrogens is 3. The van der Waals surface area contributed by atoms with Crippen molar-refractivity contribution >= 4 is 23.4 Å². The molecule has 0 saturated carbocycles. The number of pyridine rings is 1. The second-order valence-corrected chi connectivity index (χ2v) is 10.8. The molecule has 3 aliphatic heterocycles. The van der Waals surface area contributed by atoms with Crippen molar-refractivity contribution in [1.82, 2.24) is 15.0 Å². The number of hydrogen-bond acceptors (Lipinski definition) is 9. The highest BCUT2D eigenvalue weighted by molar-refractivity contribution is 7.99. The minimum Gasteiger partial charge on any atom is -0.390 e. The molecule has 8 nitrogen and oxygen atoms in total. The Hall–Kier alpha value is -2.41. The monoisotopic (exact) mass is 480 g/mol. The number of rotatable bonds is 6. The standard InChI is InChI=1S/C25H32N6O2S/c1-18-14-25(17-33-18)6-11-30(12-7-25)24-21(16-32)29-23(15-28-24)34-20-5-9-27-22(13-20)31-10-2-3-19(31)4-8-26/h5,9,13,15,18-19,32H,2-4,6-7,10-12,14,16-17H2,1H3/t18-,19?/m0/s1. The summed E-state index contributed by atoms with van der Waals surface area (Å²) in [5.74, 6) is 1.70. The van der Waals surface area contributed by atoms with E-state index < -0.39 is 0 Å². The minimum absolute atomic E-state index is 0.135. The molecule has 1 spiro atoms. The first-order chi connectivity index (χ1) is 16.6. The molecule has 34 heavy (non-hydrogen) atoms. The summed E-state index contributed by atoms with van der Waals surface area (Å²) < 4.78 is 5.85. The number of hydrogen-bond donors (Lipinski definition) is 1. The highest BCUT2D eigenvalue weighted by Crippen LogP contribution is 2.42. The Morgan fingerprint density at radius 1 is 1.29 bits per heavy atom. The number of anilines is 2. The molecule has 3 saturated heterocycles. The zero-order valence-electron chi connectivity index (χ0n) is 19.7. The Kier molecular flexibility index (Phi) is 6.91. The van der Waals surface area contributed by atoms with Gasteiger partial charge in [0, 0.05) is 36.8 Å². The molecule has 0 aliphatic carbocycles. The number of nitriles is 1. The molecule has 0 aromatic carbocycles. The molecular formula is C25H32N6O2S. The third-order valence-electron chi connectivity index (χ3n) is 7.41. The number of aliphatic hydroxyl groups excluding tert-OH is 1. The number of ether oxygens (including phenoxy) is 1. The molecule has 2 aromatic rings. The van der Waals surface area contributed by atoms with Crippen LogP contribution in [0.15, 0.2) is 34.4 Å². The second kappa shape index (κ2) is 10.1. The molecule has 3 aliphatic rings. The van der Waals surface area contributed by atoms with Crippen molar-refractivity contribution in [3.63, 3.8) is 0 Å². The van der Waals surface area contributed by atoms with E-state index >= 15 is 0 Å². The highest BCUT2D eigenvalue weighted by Gasteiger charge is 2.41. The van der Waals surface area contributed by atoms with Crippen LogP contribution in [0.1, 0.15) is 51.1 Å². The zero-order chi connectivity index (χ0) is 23.5. The van der Waals surface area contributed by atoms with Gasteiger partial charge in [-0.25, -0.2) is 15.0 Å². The topological polar surface area (TPSA) is 98.4 Å². The number of aliphatic hydroxyl groups is 1. The largest absolute Gasteiger partial charge is 0.390 e. The van der Waals surface area contributed by atoms with E-state index in [4.69, 9.17) is 20.0 Å². The van der Waals surface area contributed by atoms with E-state index in [-0.39, 0.29) is 12.6 Å². The Labute approximate surface area is 205 Å². The zero-order valence-corrected chi connectivity index (χ0v) is 20.5. The van der Waals surface area contributed by atoms with E-state index in [0.717, 1.165) is 79.9 Å². The molecule has 3 fully saturated rings. The van der Waals surface area contributed by atoms with Gasteiger partial charge in [-0.1, -0.05) is 11.8 Å². The molecular weight excluding hydrogens is 448 g/mol. The lowest BCUT2D eigenvalue weighted by Gasteiger charge is -2.39. The van der Waals surface area contributed by atoms with Gasteiger partial charge in [0.25, 0.3) is 0 Å². The predicted molar refractivity (Wildman–Crippen MR) is 131 cm³/mol. The molecule has 5 rings (SSSR count). The maximum atomic E-state index is 10.0. The van der Waals surface area contributed by atoms with Crippen LogP contribution in [-0.4, -0.2) is 58.4 Å². The average Bonchev–Trinajstić information content (AvgIpc) is 3.47. The van der Waals surface area contributed by atoms with Crippen molar-refractivity contribution in [1.29, 1.82) is 5.26 Å². The Morgan fingerprint density at radius 3 is 2.88 bits per heavy atom. The highest BCUT2D eigenvalue weighted by atomic mass is 32.2. The maximum Gasteiger partial charge on any atom is 0.152 e. The smallest absolute Gasteiger partial charge is 0.152 e. The van der Waals surface area contributed by atoms with Crippen molar-refractivity contribution < 1.29 is 9.84 Å². The summed E-state index contributed by atoms with van der Waals surface area (Å²) in [7, 11) is 0. The van der Waals surface area contributed by atoms with Crippen LogP contribution < -0.4 is 9.80 Å². The van der Waals surface area contributed by atoms with Gasteiger partial charge in [-0.05, 0) is 56.6 Å². The Morgan fingerprint density at radius 2 is 2.15 bits per heavy atom. The van der Waals surface area contributed by atoms with Crippen molar-refractivity contribution in [2.75, 3.05) is 36.0 Å². The summed E-state index contributed by atoms with van der Waals surface area (Å²) in [5.41, 5.74) is 0.930. The second-order valence-electron chi connectivity index (χ2n) is 9.75. The van der Waals surface area contributed by atoms with Crippen molar-refractivity contribution in [2.24, 2.45) is 5.41 Å². The van der Waals surface area contributed by atoms with Gasteiger partial charge in [-0.2, -0.15) is 5.26 Å². The fraction of sp³-hybridized carbons (Fsp3) is 0.600. The summed E-state index contributed by atoms with van der Waals surface area (Å²) in [6, 6.07) is 6.56. The van der Waals surface area contributed by atoms with Gasteiger partial charge in [-0.3, -0.25) is 0 Å². The molecule has 1 unspecified atom stereocenters. The van der Waals surface area contributed by atoms with Crippen LogP contribution in [0.25, 0.3) is 0 Å². The van der Waals surface area contributed by atoms with Crippen molar-refractivity contribution in [2.45, 2.75) is 74.1 Å². The number of piperidine rings is 1. The van der Waals surface area contributed by atoms with E-state index in [1.54, 1.807) is 6.20 Å². The first-order valence-electron chi connectivity index (χ1n) is 12.2. The summed E-state index contributed by atoms with van der Waals surface area (Å²) in [4.78, 5) is 19.5. The van der Waals surface area contributed by atoms with Crippen LogP contribution in [0.2, 0.25) is 0 Å². The molecule has 2 atom stereocenters. The van der Waals surface area contributed by atoms with Gasteiger partial charge in [0.05, 0.1) is 38.0 Å². The lowest BCUT2D eigenvalue weighted by Crippen LogP contribution is -2.41. The van der Waals surface area contributed by atoms with Gasteiger partial charge in [0.1, 0.15) is 16.5 Å². The quantitative estimate of drug-likeness (QED) is 0.662. The molecule has 0 amide bonds. The van der Waals surface area contributed by atoms with Crippen LogP contribution >= 0.6 is 11.8 Å². The van der Waals surface area contributed by atoms with E-state index in [9.17, 15) is 5.11 Å². The van der Waals surface area contributed by atoms with Crippen LogP contribution in [0, 0.1) is 16.7 Å². The summed E-state index contributed by atoms with van der Waals surface area (Å²) in [6.07, 6.45) is 9.92. The van der Waals surface area contributed by atoms with Gasteiger partial charge in [-0.15, -0.1) is 0 Å². The minimum atomic E-state index is -0.135. The van der Waals surface area contributed by atoms with Gasteiger partial charge in [0.2, 0.25) is 0 Å². The van der Waals surface area contributed by atoms with E-state index in [1.165, 1.54) is 11.8 Å². The molecule has 5 heterocycles. The predicted octanol–water partition coefficient (Wildman–Crippen LogP) is 3.79. The Bertz CT molecular complexity index is 1050. The van der Waals surface area contributed by atoms with Crippen molar-refractivity contribution in [3.8, 4) is 6.07 Å². The Balaban J connectivity index is 1.28. The van der Waals surface area contributed by atoms with Crippen LogP contribution in [0.5, 0.6) is 0 Å². The van der Waals surface area contributed by atoms with Crippen LogP contribution in [-0.2, 0) is 11.3 Å². The third kappa shape index (κ3) is 4.85. The van der Waals surface area contributed by atoms with Gasteiger partial charge < -0.3 is 19.6 Å². The fourth-order valence-corrected chi connectivity index (χ4v) is 6.40. The van der Waals surface area contributed by atoms with E-state index in [2.05, 4.69) is 33.8 Å². The molecule has 0 radical (unpaired) electrons. The maximum absolute atomic E-state index is 10.0. The lowest BCUT2D eigenvalue weighted by molar-refractivity contribution is 0.0975. The van der Waals surface area contributed by atoms with E-state index in [0.29, 0.717) is 23.6 Å². The first-order valence-corrected chi connectivity index (χ1v) is 13.0. The fourth-order valence-electron chi connectivity index (χ4n) is 5.61. The molecule has 1 N–H and O–H groups in total. The average molecular weight is 481 g/mol. The summed E-state index contributed by atoms with van der Waals surface area (Å²) in [6.45, 7) is 5.64. The number of nitrogens with zero attached hydrogens (tertiary/aromatic N) is 6. The lowest BCUT2D eigenvalue weighted by atomic mass is 9.77. The summed E-state index contributed by atoms with van der Waals surface area (Å²) >= 11 is 1.52. The van der Waals surface area contributed by atoms with Crippen molar-refractivity contribution in [3.05, 3.63) is 30.2 Å². The molecule has 9 heteroatoms. The normalized spacial score (nSPS) is 24.0. The molecule has 0 bridgehead atoms. The SMILES string of the molecule is C[C@H]1CC2(CCN(c3ncc(Sc4ccnc(N5CCCC5CC#N)c4)nc3CO)CC2)CO1. The van der Waals surface area contributed by atoms with E-state index in [1.807, 2.05) is 12.3 Å². The van der Waals surface area contributed by atoms with Crippen LogP contribution in [0.4, 0.5) is 11.6 Å². The first kappa shape index (κ1) is 23.3. The van der Waals surface area contributed by atoms with Gasteiger partial charge >= 0.3 is 0 Å². The van der Waals surface area contributed by atoms with Gasteiger partial charge in [0.15, 0.2) is 5.82 Å².